The average molecular weight is 149 g/mol. The van der Waals surface area contributed by atoms with Crippen LogP contribution in [0.2, 0.25) is 0 Å². The van der Waals surface area contributed by atoms with Crippen LogP contribution in [0.1, 0.15) is 23.5 Å². The maximum Gasteiger partial charge on any atom is 0.142 e. The second-order valence-corrected chi connectivity index (χ2v) is 2.82. The van der Waals surface area contributed by atoms with Gasteiger partial charge >= 0.3 is 0 Å². The highest BCUT2D eigenvalue weighted by Crippen LogP contribution is 2.18. The first-order valence-electron chi connectivity index (χ1n) is 3.94. The molecule has 0 fully saturated rings. The summed E-state index contributed by atoms with van der Waals surface area (Å²) in [5.41, 5.74) is 7.94. The van der Waals surface area contributed by atoms with Crippen molar-refractivity contribution in [3.8, 4) is 0 Å². The van der Waals surface area contributed by atoms with Crippen LogP contribution in [0.15, 0.2) is 6.20 Å². The zero-order chi connectivity index (χ0) is 7.68. The fourth-order valence-electron chi connectivity index (χ4n) is 1.45. The number of aryl methyl sites for hydroxylation is 2. The lowest BCUT2D eigenvalue weighted by atomic mass is 10.3. The smallest absolute Gasteiger partial charge is 0.142 e. The van der Waals surface area contributed by atoms with Gasteiger partial charge in [0.05, 0.1) is 6.54 Å². The van der Waals surface area contributed by atoms with Crippen molar-refractivity contribution < 1.29 is 0 Å². The molecule has 0 saturated heterocycles. The third-order valence-electron chi connectivity index (χ3n) is 2.05. The Morgan fingerprint density at radius 3 is 3.18 bits per heavy atom. The molecule has 0 aliphatic heterocycles. The number of hydrogen-bond acceptors (Lipinski definition) is 3. The summed E-state index contributed by atoms with van der Waals surface area (Å²) < 4.78 is 0. The third kappa shape index (κ3) is 1.12. The fraction of sp³-hybridized carbons (Fsp3) is 0.500. The van der Waals surface area contributed by atoms with E-state index in [1.54, 1.807) is 0 Å². The van der Waals surface area contributed by atoms with Crippen LogP contribution in [0.25, 0.3) is 0 Å². The van der Waals surface area contributed by atoms with Crippen LogP contribution in [0.3, 0.4) is 0 Å². The fourth-order valence-corrected chi connectivity index (χ4v) is 1.45. The lowest BCUT2D eigenvalue weighted by Crippen LogP contribution is -2.04. The van der Waals surface area contributed by atoms with E-state index in [1.807, 2.05) is 6.20 Å². The molecular formula is C8H11N3. The third-order valence-corrected chi connectivity index (χ3v) is 2.05. The summed E-state index contributed by atoms with van der Waals surface area (Å²) in [4.78, 5) is 8.47. The largest absolute Gasteiger partial charge is 0.324 e. The summed E-state index contributed by atoms with van der Waals surface area (Å²) in [6.45, 7) is 0.452. The highest BCUT2D eigenvalue weighted by molar-refractivity contribution is 5.22. The van der Waals surface area contributed by atoms with Crippen LogP contribution >= 0.6 is 0 Å². The van der Waals surface area contributed by atoms with E-state index < -0.39 is 0 Å². The van der Waals surface area contributed by atoms with Crippen molar-refractivity contribution >= 4 is 0 Å². The number of rotatable bonds is 1. The number of hydrogen-bond donors (Lipinski definition) is 1. The summed E-state index contributed by atoms with van der Waals surface area (Å²) in [7, 11) is 0. The Kier molecular flexibility index (Phi) is 1.58. The molecule has 3 nitrogen and oxygen atoms in total. The van der Waals surface area contributed by atoms with Gasteiger partial charge in [-0.05, 0) is 24.8 Å². The number of fused-ring (bicyclic) bond motifs is 1. The van der Waals surface area contributed by atoms with Gasteiger partial charge in [-0.2, -0.15) is 0 Å². The maximum absolute atomic E-state index is 5.42. The molecule has 1 aromatic rings. The molecule has 0 amide bonds. The molecule has 1 aliphatic carbocycles. The van der Waals surface area contributed by atoms with E-state index >= 15 is 0 Å². The zero-order valence-electron chi connectivity index (χ0n) is 6.38. The highest BCUT2D eigenvalue weighted by Gasteiger charge is 2.12. The predicted octanol–water partition coefficient (Wildman–Crippen LogP) is 0.424. The molecule has 1 aliphatic rings. The van der Waals surface area contributed by atoms with E-state index in [1.165, 1.54) is 17.7 Å². The molecule has 2 N–H and O–H groups in total. The lowest BCUT2D eigenvalue weighted by molar-refractivity contribution is 0.864. The Hall–Kier alpha value is -0.960. The minimum absolute atomic E-state index is 0.452. The molecule has 0 atom stereocenters. The number of nitrogens with zero attached hydrogens (tertiary/aromatic N) is 2. The van der Waals surface area contributed by atoms with Crippen LogP contribution < -0.4 is 5.73 Å². The van der Waals surface area contributed by atoms with Crippen LogP contribution in [-0.4, -0.2) is 9.97 Å². The van der Waals surface area contributed by atoms with Gasteiger partial charge in [-0.3, -0.25) is 0 Å². The molecule has 0 aromatic carbocycles. The Morgan fingerprint density at radius 2 is 2.36 bits per heavy atom. The molecule has 3 heteroatoms. The Balaban J connectivity index is 2.41. The lowest BCUT2D eigenvalue weighted by Gasteiger charge is -1.98. The molecule has 11 heavy (non-hydrogen) atoms. The van der Waals surface area contributed by atoms with Crippen LogP contribution in [0, 0.1) is 0 Å². The van der Waals surface area contributed by atoms with Crippen LogP contribution in [0.4, 0.5) is 0 Å². The van der Waals surface area contributed by atoms with Gasteiger partial charge < -0.3 is 5.73 Å². The number of aromatic nitrogens is 2. The standard InChI is InChI=1S/C8H11N3/c9-4-8-10-5-6-2-1-3-7(6)11-8/h5H,1-4,9H2. The molecule has 0 saturated carbocycles. The van der Waals surface area contributed by atoms with Crippen LogP contribution in [-0.2, 0) is 19.4 Å². The highest BCUT2D eigenvalue weighted by atomic mass is 14.9. The van der Waals surface area contributed by atoms with Crippen molar-refractivity contribution in [3.63, 3.8) is 0 Å². The van der Waals surface area contributed by atoms with Crippen molar-refractivity contribution in [2.24, 2.45) is 5.73 Å². The average Bonchev–Trinajstić information content (AvgIpc) is 2.50. The summed E-state index contributed by atoms with van der Waals surface area (Å²) in [6.07, 6.45) is 5.38. The summed E-state index contributed by atoms with van der Waals surface area (Å²) in [5, 5.41) is 0. The predicted molar refractivity (Wildman–Crippen MR) is 41.9 cm³/mol. The maximum atomic E-state index is 5.42. The summed E-state index contributed by atoms with van der Waals surface area (Å²) >= 11 is 0. The van der Waals surface area contributed by atoms with E-state index in [2.05, 4.69) is 9.97 Å². The van der Waals surface area contributed by atoms with Crippen molar-refractivity contribution in [2.75, 3.05) is 0 Å². The first-order valence-corrected chi connectivity index (χ1v) is 3.94. The van der Waals surface area contributed by atoms with Gasteiger partial charge in [0, 0.05) is 11.9 Å². The van der Waals surface area contributed by atoms with Gasteiger partial charge in [0.1, 0.15) is 5.82 Å². The monoisotopic (exact) mass is 149 g/mol. The quantitative estimate of drug-likeness (QED) is 0.629. The van der Waals surface area contributed by atoms with Gasteiger partial charge in [0.15, 0.2) is 0 Å². The first kappa shape index (κ1) is 6.73. The molecule has 0 unspecified atom stereocenters. The van der Waals surface area contributed by atoms with Crippen LogP contribution in [0.5, 0.6) is 0 Å². The zero-order valence-corrected chi connectivity index (χ0v) is 6.38. The topological polar surface area (TPSA) is 51.8 Å². The number of nitrogens with two attached hydrogens (primary N) is 1. The van der Waals surface area contributed by atoms with Gasteiger partial charge in [-0.15, -0.1) is 0 Å². The van der Waals surface area contributed by atoms with Gasteiger partial charge in [-0.1, -0.05) is 0 Å². The molecule has 58 valence electrons. The molecule has 2 rings (SSSR count). The minimum atomic E-state index is 0.452. The first-order chi connectivity index (χ1) is 5.40. The van der Waals surface area contributed by atoms with E-state index in [4.69, 9.17) is 5.73 Å². The molecule has 0 bridgehead atoms. The van der Waals surface area contributed by atoms with Gasteiger partial charge in [0.25, 0.3) is 0 Å². The SMILES string of the molecule is NCc1ncc2c(n1)CCC2. The summed E-state index contributed by atoms with van der Waals surface area (Å²) in [5.74, 6) is 0.769. The minimum Gasteiger partial charge on any atom is -0.324 e. The Labute approximate surface area is 65.7 Å². The van der Waals surface area contributed by atoms with E-state index in [0.717, 1.165) is 18.7 Å². The molecule has 0 radical (unpaired) electrons. The molecule has 0 spiro atoms. The Bertz CT molecular complexity index is 270. The van der Waals surface area contributed by atoms with Crippen molar-refractivity contribution in [1.82, 2.24) is 9.97 Å². The van der Waals surface area contributed by atoms with Crippen molar-refractivity contribution in [1.29, 1.82) is 0 Å². The molecule has 1 aromatic heterocycles. The Morgan fingerprint density at radius 1 is 1.45 bits per heavy atom. The second-order valence-electron chi connectivity index (χ2n) is 2.82. The van der Waals surface area contributed by atoms with Gasteiger partial charge in [0.2, 0.25) is 0 Å². The van der Waals surface area contributed by atoms with Crippen molar-refractivity contribution in [3.05, 3.63) is 23.3 Å². The summed E-state index contributed by atoms with van der Waals surface area (Å²) in [6, 6.07) is 0. The molecular weight excluding hydrogens is 138 g/mol. The van der Waals surface area contributed by atoms with E-state index in [9.17, 15) is 0 Å². The van der Waals surface area contributed by atoms with Crippen molar-refractivity contribution in [2.45, 2.75) is 25.8 Å². The van der Waals surface area contributed by atoms with E-state index in [0.29, 0.717) is 6.54 Å². The second kappa shape index (κ2) is 2.58. The molecule has 1 heterocycles. The van der Waals surface area contributed by atoms with E-state index in [-0.39, 0.29) is 0 Å². The normalized spacial score (nSPS) is 15.0. The van der Waals surface area contributed by atoms with Gasteiger partial charge in [-0.25, -0.2) is 9.97 Å².